The van der Waals surface area contributed by atoms with Crippen LogP contribution >= 0.6 is 11.6 Å². The van der Waals surface area contributed by atoms with E-state index in [1.165, 1.54) is 0 Å². The van der Waals surface area contributed by atoms with E-state index in [9.17, 15) is 9.90 Å². The zero-order chi connectivity index (χ0) is 14.9. The largest absolute Gasteiger partial charge is 0.397 e. The molecule has 0 spiro atoms. The van der Waals surface area contributed by atoms with Crippen LogP contribution in [-0.4, -0.2) is 40.6 Å². The second-order valence-corrected chi connectivity index (χ2v) is 6.05. The van der Waals surface area contributed by atoms with Crippen molar-refractivity contribution in [3.05, 3.63) is 23.2 Å². The molecule has 5 nitrogen and oxygen atoms in total. The molecule has 2 unspecified atom stereocenters. The third kappa shape index (κ3) is 3.42. The highest BCUT2D eigenvalue weighted by Gasteiger charge is 2.35. The first-order valence-corrected chi connectivity index (χ1v) is 6.99. The van der Waals surface area contributed by atoms with Gasteiger partial charge in [-0.3, -0.25) is 9.69 Å². The standard InChI is InChI=1S/C14H20ClN3O2/c1-9(18-6-5-14(2,20)8-18)13(19)17-12-7-10(15)3-4-11(12)16/h3-4,7,9,20H,5-6,8,16H2,1-2H3,(H,17,19). The highest BCUT2D eigenvalue weighted by Crippen LogP contribution is 2.25. The molecule has 1 aliphatic heterocycles. The fraction of sp³-hybridized carbons (Fsp3) is 0.500. The highest BCUT2D eigenvalue weighted by molar-refractivity contribution is 6.31. The van der Waals surface area contributed by atoms with Crippen LogP contribution in [0.25, 0.3) is 0 Å². The maximum atomic E-state index is 12.2. The Hall–Kier alpha value is -1.30. The summed E-state index contributed by atoms with van der Waals surface area (Å²) in [4.78, 5) is 14.2. The predicted octanol–water partition coefficient (Wildman–Crippen LogP) is 1.71. The van der Waals surface area contributed by atoms with E-state index in [1.54, 1.807) is 25.1 Å². The number of nitrogens with two attached hydrogens (primary N) is 1. The van der Waals surface area contributed by atoms with Gasteiger partial charge in [-0.05, 0) is 38.5 Å². The molecule has 0 saturated carbocycles. The summed E-state index contributed by atoms with van der Waals surface area (Å²) in [5, 5.41) is 13.3. The number of amides is 1. The number of likely N-dealkylation sites (tertiary alicyclic amines) is 1. The number of anilines is 2. The zero-order valence-corrected chi connectivity index (χ0v) is 12.4. The number of hydrogen-bond donors (Lipinski definition) is 3. The molecule has 1 aromatic rings. The smallest absolute Gasteiger partial charge is 0.241 e. The number of hydrogen-bond acceptors (Lipinski definition) is 4. The van der Waals surface area contributed by atoms with Gasteiger partial charge in [0.1, 0.15) is 0 Å². The molecule has 1 heterocycles. The molecule has 20 heavy (non-hydrogen) atoms. The molecule has 1 aliphatic rings. The van der Waals surface area contributed by atoms with Crippen LogP contribution in [0, 0.1) is 0 Å². The van der Waals surface area contributed by atoms with Gasteiger partial charge in [-0.15, -0.1) is 0 Å². The molecule has 110 valence electrons. The van der Waals surface area contributed by atoms with Crippen LogP contribution in [0.5, 0.6) is 0 Å². The fourth-order valence-corrected chi connectivity index (χ4v) is 2.52. The lowest BCUT2D eigenvalue weighted by Gasteiger charge is -2.25. The van der Waals surface area contributed by atoms with E-state index in [2.05, 4.69) is 5.32 Å². The summed E-state index contributed by atoms with van der Waals surface area (Å²) in [6.07, 6.45) is 0.671. The van der Waals surface area contributed by atoms with Crippen LogP contribution in [0.4, 0.5) is 11.4 Å². The summed E-state index contributed by atoms with van der Waals surface area (Å²) in [6, 6.07) is 4.63. The van der Waals surface area contributed by atoms with Crippen molar-refractivity contribution in [2.45, 2.75) is 31.9 Å². The van der Waals surface area contributed by atoms with Gasteiger partial charge in [0.2, 0.25) is 5.91 Å². The Balaban J connectivity index is 2.03. The molecule has 2 rings (SSSR count). The molecule has 1 aromatic carbocycles. The lowest BCUT2D eigenvalue weighted by molar-refractivity contribution is -0.120. The molecular weight excluding hydrogens is 278 g/mol. The van der Waals surface area contributed by atoms with Gasteiger partial charge in [0.15, 0.2) is 0 Å². The molecule has 4 N–H and O–H groups in total. The van der Waals surface area contributed by atoms with Crippen molar-refractivity contribution in [1.29, 1.82) is 0 Å². The second-order valence-electron chi connectivity index (χ2n) is 5.61. The minimum Gasteiger partial charge on any atom is -0.397 e. The van der Waals surface area contributed by atoms with E-state index in [-0.39, 0.29) is 11.9 Å². The summed E-state index contributed by atoms with van der Waals surface area (Å²) in [5.41, 5.74) is 6.08. The lowest BCUT2D eigenvalue weighted by atomic mass is 10.1. The summed E-state index contributed by atoms with van der Waals surface area (Å²) >= 11 is 5.89. The Morgan fingerprint density at radius 1 is 1.60 bits per heavy atom. The van der Waals surface area contributed by atoms with Crippen molar-refractivity contribution in [1.82, 2.24) is 4.90 Å². The van der Waals surface area contributed by atoms with Gasteiger partial charge in [0.05, 0.1) is 23.0 Å². The maximum absolute atomic E-state index is 12.2. The van der Waals surface area contributed by atoms with Crippen LogP contribution < -0.4 is 11.1 Å². The van der Waals surface area contributed by atoms with Gasteiger partial charge in [-0.1, -0.05) is 11.6 Å². The van der Waals surface area contributed by atoms with E-state index >= 15 is 0 Å². The van der Waals surface area contributed by atoms with E-state index in [0.717, 1.165) is 0 Å². The first-order chi connectivity index (χ1) is 9.28. The molecule has 0 aromatic heterocycles. The third-order valence-electron chi connectivity index (χ3n) is 3.68. The number of rotatable bonds is 3. The third-order valence-corrected chi connectivity index (χ3v) is 3.92. The summed E-state index contributed by atoms with van der Waals surface area (Å²) in [6.45, 7) is 4.79. The minimum absolute atomic E-state index is 0.156. The molecular formula is C14H20ClN3O2. The van der Waals surface area contributed by atoms with Crippen molar-refractivity contribution in [3.63, 3.8) is 0 Å². The van der Waals surface area contributed by atoms with Crippen molar-refractivity contribution >= 4 is 28.9 Å². The number of carbonyl (C=O) groups excluding carboxylic acids is 1. The van der Waals surface area contributed by atoms with Crippen LogP contribution in [-0.2, 0) is 4.79 Å². The molecule has 0 aliphatic carbocycles. The van der Waals surface area contributed by atoms with Gasteiger partial charge >= 0.3 is 0 Å². The first-order valence-electron chi connectivity index (χ1n) is 6.61. The number of benzene rings is 1. The number of halogens is 1. The van der Waals surface area contributed by atoms with Crippen molar-refractivity contribution in [2.75, 3.05) is 24.1 Å². The number of nitrogens with one attached hydrogen (secondary N) is 1. The lowest BCUT2D eigenvalue weighted by Crippen LogP contribution is -2.42. The van der Waals surface area contributed by atoms with Gasteiger partial charge in [0.25, 0.3) is 0 Å². The molecule has 1 amide bonds. The van der Waals surface area contributed by atoms with E-state index in [1.807, 2.05) is 11.8 Å². The average molecular weight is 298 g/mol. The highest BCUT2D eigenvalue weighted by atomic mass is 35.5. The SMILES string of the molecule is CC(C(=O)Nc1cc(Cl)ccc1N)N1CCC(C)(O)C1. The second kappa shape index (κ2) is 5.60. The molecule has 1 fully saturated rings. The van der Waals surface area contributed by atoms with Gasteiger partial charge in [-0.2, -0.15) is 0 Å². The maximum Gasteiger partial charge on any atom is 0.241 e. The monoisotopic (exact) mass is 297 g/mol. The number of β-amino-alcohol motifs (C(OH)–C–C–N with tert-alkyl or cyclic N) is 1. The number of nitrogen functional groups attached to an aromatic ring is 1. The summed E-state index contributed by atoms with van der Waals surface area (Å²) in [5.74, 6) is -0.156. The van der Waals surface area contributed by atoms with Gasteiger partial charge < -0.3 is 16.2 Å². The summed E-state index contributed by atoms with van der Waals surface area (Å²) in [7, 11) is 0. The first kappa shape index (κ1) is 15.1. The van der Waals surface area contributed by atoms with E-state index in [0.29, 0.717) is 35.9 Å². The Bertz CT molecular complexity index is 519. The number of aliphatic hydroxyl groups is 1. The number of nitrogens with zero attached hydrogens (tertiary/aromatic N) is 1. The predicted molar refractivity (Wildman–Crippen MR) is 80.8 cm³/mol. The Morgan fingerprint density at radius 3 is 2.90 bits per heavy atom. The van der Waals surface area contributed by atoms with Gasteiger partial charge in [0, 0.05) is 18.1 Å². The average Bonchev–Trinajstić information content (AvgIpc) is 2.73. The quantitative estimate of drug-likeness (QED) is 0.742. The minimum atomic E-state index is -0.719. The molecule has 2 atom stereocenters. The molecule has 0 radical (unpaired) electrons. The van der Waals surface area contributed by atoms with Gasteiger partial charge in [-0.25, -0.2) is 0 Å². The zero-order valence-electron chi connectivity index (χ0n) is 11.7. The fourth-order valence-electron chi connectivity index (χ4n) is 2.35. The van der Waals surface area contributed by atoms with Crippen molar-refractivity contribution in [2.24, 2.45) is 0 Å². The van der Waals surface area contributed by atoms with Crippen molar-refractivity contribution < 1.29 is 9.90 Å². The normalized spacial score (nSPS) is 24.6. The molecule has 6 heteroatoms. The Morgan fingerprint density at radius 2 is 2.30 bits per heavy atom. The van der Waals surface area contributed by atoms with Crippen LogP contribution in [0.1, 0.15) is 20.3 Å². The molecule has 0 bridgehead atoms. The Labute approximate surface area is 123 Å². The van der Waals surface area contributed by atoms with E-state index < -0.39 is 5.60 Å². The van der Waals surface area contributed by atoms with Crippen LogP contribution in [0.3, 0.4) is 0 Å². The number of carbonyl (C=O) groups is 1. The molecule has 1 saturated heterocycles. The van der Waals surface area contributed by atoms with Crippen LogP contribution in [0.15, 0.2) is 18.2 Å². The topological polar surface area (TPSA) is 78.6 Å². The van der Waals surface area contributed by atoms with E-state index in [4.69, 9.17) is 17.3 Å². The van der Waals surface area contributed by atoms with Crippen molar-refractivity contribution in [3.8, 4) is 0 Å². The summed E-state index contributed by atoms with van der Waals surface area (Å²) < 4.78 is 0. The Kier molecular flexibility index (Phi) is 4.22. The van der Waals surface area contributed by atoms with Crippen LogP contribution in [0.2, 0.25) is 5.02 Å².